The Labute approximate surface area is 70.2 Å². The van der Waals surface area contributed by atoms with Crippen molar-refractivity contribution in [1.29, 1.82) is 0 Å². The van der Waals surface area contributed by atoms with E-state index in [4.69, 9.17) is 23.2 Å². The Hall–Kier alpha value is -0.320. The van der Waals surface area contributed by atoms with Crippen molar-refractivity contribution in [3.63, 3.8) is 0 Å². The minimum atomic E-state index is -1.35. The average molecular weight is 197 g/mol. The first-order chi connectivity index (χ1) is 4.61. The van der Waals surface area contributed by atoms with E-state index in [0.717, 1.165) is 11.3 Å². The van der Waals surface area contributed by atoms with E-state index in [1.165, 1.54) is 0 Å². The van der Waals surface area contributed by atoms with Gasteiger partial charge in [0.25, 0.3) is 0 Å². The summed E-state index contributed by atoms with van der Waals surface area (Å²) in [6.45, 7) is 0. The molecule has 0 saturated heterocycles. The highest BCUT2D eigenvalue weighted by Crippen LogP contribution is 2.25. The lowest BCUT2D eigenvalue weighted by Gasteiger charge is -1.93. The lowest BCUT2D eigenvalue weighted by atomic mass is 10.6. The van der Waals surface area contributed by atoms with Gasteiger partial charge in [0.15, 0.2) is 9.62 Å². The number of hydrogen-bond donors (Lipinski definition) is 0. The standard InChI is InChI=1S/C4HCl2NO2S/c5-2-1(3(8)9)10-4(6)7-2/h(H,8,9)/p-1. The van der Waals surface area contributed by atoms with E-state index in [0.29, 0.717) is 0 Å². The van der Waals surface area contributed by atoms with Crippen LogP contribution in [0.25, 0.3) is 0 Å². The largest absolute Gasteiger partial charge is 0.544 e. The summed E-state index contributed by atoms with van der Waals surface area (Å²) in [7, 11) is 0. The van der Waals surface area contributed by atoms with Gasteiger partial charge in [-0.3, -0.25) is 0 Å². The minimum absolute atomic E-state index is 0.101. The van der Waals surface area contributed by atoms with Crippen LogP contribution in [0, 0.1) is 0 Å². The van der Waals surface area contributed by atoms with Gasteiger partial charge in [0.1, 0.15) is 0 Å². The topological polar surface area (TPSA) is 53.0 Å². The molecule has 0 spiro atoms. The Balaban J connectivity index is 3.15. The minimum Gasteiger partial charge on any atom is -0.544 e. The summed E-state index contributed by atoms with van der Waals surface area (Å²) in [4.78, 5) is 13.5. The van der Waals surface area contributed by atoms with Gasteiger partial charge in [0.2, 0.25) is 0 Å². The van der Waals surface area contributed by atoms with Crippen molar-refractivity contribution in [2.45, 2.75) is 0 Å². The third kappa shape index (κ3) is 1.39. The Morgan fingerprint density at radius 2 is 2.20 bits per heavy atom. The molecular weight excluding hydrogens is 197 g/mol. The van der Waals surface area contributed by atoms with Crippen LogP contribution < -0.4 is 5.11 Å². The predicted octanol–water partition coefficient (Wildman–Crippen LogP) is 0.813. The molecule has 0 N–H and O–H groups in total. The van der Waals surface area contributed by atoms with E-state index in [1.807, 2.05) is 0 Å². The van der Waals surface area contributed by atoms with Crippen molar-refractivity contribution >= 4 is 40.5 Å². The lowest BCUT2D eigenvalue weighted by Crippen LogP contribution is -2.21. The number of nitrogens with zero attached hydrogens (tertiary/aromatic N) is 1. The molecule has 6 heteroatoms. The van der Waals surface area contributed by atoms with Gasteiger partial charge in [-0.15, -0.1) is 0 Å². The van der Waals surface area contributed by atoms with Crippen LogP contribution in [0.4, 0.5) is 0 Å². The monoisotopic (exact) mass is 196 g/mol. The molecule has 54 valence electrons. The molecule has 0 fully saturated rings. The highest BCUT2D eigenvalue weighted by molar-refractivity contribution is 7.17. The molecule has 3 nitrogen and oxygen atoms in total. The van der Waals surface area contributed by atoms with Crippen LogP contribution >= 0.6 is 34.5 Å². The number of carboxylic acid groups (broad SMARTS) is 1. The first kappa shape index (κ1) is 7.78. The van der Waals surface area contributed by atoms with Crippen molar-refractivity contribution in [2.75, 3.05) is 0 Å². The number of carbonyl (C=O) groups is 1. The van der Waals surface area contributed by atoms with Crippen LogP contribution in [0.5, 0.6) is 0 Å². The van der Waals surface area contributed by atoms with Crippen LogP contribution in [0.1, 0.15) is 9.67 Å². The number of hydrogen-bond acceptors (Lipinski definition) is 4. The predicted molar refractivity (Wildman–Crippen MR) is 36.5 cm³/mol. The second-order valence-electron chi connectivity index (χ2n) is 1.37. The zero-order chi connectivity index (χ0) is 7.72. The van der Waals surface area contributed by atoms with Gasteiger partial charge in [-0.2, -0.15) is 0 Å². The fraction of sp³-hybridized carbons (Fsp3) is 0. The average Bonchev–Trinajstić information content (AvgIpc) is 2.10. The number of carbonyl (C=O) groups excluding carboxylic acids is 1. The Morgan fingerprint density at radius 3 is 2.40 bits per heavy atom. The number of halogens is 2. The first-order valence-corrected chi connectivity index (χ1v) is 3.71. The van der Waals surface area contributed by atoms with E-state index in [9.17, 15) is 9.90 Å². The maximum atomic E-state index is 10.2. The summed E-state index contributed by atoms with van der Waals surface area (Å²) in [6.07, 6.45) is 0. The summed E-state index contributed by atoms with van der Waals surface area (Å²) in [5.74, 6) is -1.35. The smallest absolute Gasteiger partial charge is 0.185 e. The third-order valence-electron chi connectivity index (χ3n) is 0.745. The molecule has 0 amide bonds. The molecule has 0 radical (unpaired) electrons. The molecule has 0 aliphatic carbocycles. The van der Waals surface area contributed by atoms with Crippen molar-refractivity contribution < 1.29 is 9.90 Å². The van der Waals surface area contributed by atoms with E-state index < -0.39 is 5.97 Å². The number of carboxylic acids is 1. The van der Waals surface area contributed by atoms with Crippen LogP contribution in [-0.4, -0.2) is 11.0 Å². The molecule has 1 heterocycles. The molecule has 0 aliphatic heterocycles. The van der Waals surface area contributed by atoms with Gasteiger partial charge in [-0.05, 0) is 0 Å². The van der Waals surface area contributed by atoms with Crippen molar-refractivity contribution in [3.05, 3.63) is 14.5 Å². The highest BCUT2D eigenvalue weighted by Gasteiger charge is 2.07. The van der Waals surface area contributed by atoms with Crippen molar-refractivity contribution in [3.8, 4) is 0 Å². The fourth-order valence-corrected chi connectivity index (χ4v) is 1.61. The van der Waals surface area contributed by atoms with Gasteiger partial charge in [0, 0.05) is 0 Å². The van der Waals surface area contributed by atoms with E-state index in [2.05, 4.69) is 4.98 Å². The van der Waals surface area contributed by atoms with Crippen LogP contribution in [0.2, 0.25) is 9.62 Å². The van der Waals surface area contributed by atoms with Gasteiger partial charge >= 0.3 is 0 Å². The van der Waals surface area contributed by atoms with Gasteiger partial charge in [0.05, 0.1) is 10.8 Å². The van der Waals surface area contributed by atoms with Crippen molar-refractivity contribution in [2.24, 2.45) is 0 Å². The molecule has 0 unspecified atom stereocenters. The van der Waals surface area contributed by atoms with Gasteiger partial charge < -0.3 is 9.90 Å². The fourth-order valence-electron chi connectivity index (χ4n) is 0.403. The molecule has 0 aromatic carbocycles. The second kappa shape index (κ2) is 2.74. The number of rotatable bonds is 1. The van der Waals surface area contributed by atoms with Crippen LogP contribution in [0.3, 0.4) is 0 Å². The summed E-state index contributed by atoms with van der Waals surface area (Å²) in [5, 5.41) is 10.0. The lowest BCUT2D eigenvalue weighted by molar-refractivity contribution is -0.254. The van der Waals surface area contributed by atoms with Crippen LogP contribution in [-0.2, 0) is 0 Å². The quantitative estimate of drug-likeness (QED) is 0.669. The third-order valence-corrected chi connectivity index (χ3v) is 2.27. The molecule has 10 heavy (non-hydrogen) atoms. The van der Waals surface area contributed by atoms with Crippen LogP contribution in [0.15, 0.2) is 0 Å². The maximum Gasteiger partial charge on any atom is 0.185 e. The molecule has 1 aromatic rings. The highest BCUT2D eigenvalue weighted by atomic mass is 35.5. The Kier molecular flexibility index (Phi) is 2.13. The summed E-state index contributed by atoms with van der Waals surface area (Å²) in [6, 6.07) is 0. The van der Waals surface area contributed by atoms with Gasteiger partial charge in [-0.1, -0.05) is 34.5 Å². The Morgan fingerprint density at radius 1 is 1.60 bits per heavy atom. The SMILES string of the molecule is O=C([O-])c1sc(Cl)nc1Cl. The maximum absolute atomic E-state index is 10.2. The first-order valence-electron chi connectivity index (χ1n) is 2.14. The van der Waals surface area contributed by atoms with E-state index in [1.54, 1.807) is 0 Å². The molecule has 0 saturated carbocycles. The summed E-state index contributed by atoms with van der Waals surface area (Å²) in [5.41, 5.74) is 0. The van der Waals surface area contributed by atoms with Gasteiger partial charge in [-0.25, -0.2) is 4.98 Å². The Bertz CT molecular complexity index is 272. The van der Waals surface area contributed by atoms with Crippen molar-refractivity contribution in [1.82, 2.24) is 4.98 Å². The molecule has 1 aromatic heterocycles. The number of aromatic nitrogens is 1. The summed E-state index contributed by atoms with van der Waals surface area (Å²) >= 11 is 11.5. The van der Waals surface area contributed by atoms with E-state index in [-0.39, 0.29) is 14.5 Å². The normalized spacial score (nSPS) is 9.80. The summed E-state index contributed by atoms with van der Waals surface area (Å²) < 4.78 is 0.101. The molecule has 0 bridgehead atoms. The molecule has 0 atom stereocenters. The number of thiazole rings is 1. The van der Waals surface area contributed by atoms with E-state index >= 15 is 0 Å². The molecule has 0 aliphatic rings. The second-order valence-corrected chi connectivity index (χ2v) is 3.31. The molecular formula is C4Cl2NO2S-. The zero-order valence-corrected chi connectivity index (χ0v) is 6.76. The number of aromatic carboxylic acids is 1. The zero-order valence-electron chi connectivity index (χ0n) is 4.43. The molecule has 1 rings (SSSR count).